The molecule has 7 nitrogen and oxygen atoms in total. The first kappa shape index (κ1) is 24.0. The van der Waals surface area contributed by atoms with Gasteiger partial charge in [0.15, 0.2) is 0 Å². The van der Waals surface area contributed by atoms with Crippen LogP contribution in [-0.2, 0) is 4.79 Å². The topological polar surface area (TPSA) is 85.1 Å². The summed E-state index contributed by atoms with van der Waals surface area (Å²) < 4.78 is 10.5. The molecular formula is C20H32ClN3O4. The molecule has 28 heavy (non-hydrogen) atoms. The van der Waals surface area contributed by atoms with Crippen molar-refractivity contribution < 1.29 is 19.1 Å². The van der Waals surface area contributed by atoms with Crippen molar-refractivity contribution in [3.63, 3.8) is 0 Å². The zero-order chi connectivity index (χ0) is 19.6. The number of rotatable bonds is 9. The molecule has 1 heterocycles. The summed E-state index contributed by atoms with van der Waals surface area (Å²) >= 11 is 0. The van der Waals surface area contributed by atoms with Gasteiger partial charge in [0.25, 0.3) is 5.91 Å². The monoisotopic (exact) mass is 413 g/mol. The van der Waals surface area contributed by atoms with E-state index in [0.717, 1.165) is 25.7 Å². The van der Waals surface area contributed by atoms with Crippen LogP contribution in [0, 0.1) is 0 Å². The number of nitrogens with two attached hydrogens (primary N) is 1. The maximum Gasteiger partial charge on any atom is 0.254 e. The lowest BCUT2D eigenvalue weighted by Crippen LogP contribution is -2.50. The maximum absolute atomic E-state index is 12.8. The molecule has 0 aliphatic carbocycles. The minimum atomic E-state index is -0.0684. The summed E-state index contributed by atoms with van der Waals surface area (Å²) in [4.78, 5) is 28.7. The SMILES string of the molecule is COc1cc(OC)cc(C(=O)N2CCN(C(=O)CCCCCCN)CC2)c1.Cl. The number of methoxy groups -OCH3 is 2. The summed E-state index contributed by atoms with van der Waals surface area (Å²) in [5.41, 5.74) is 6.01. The quantitative estimate of drug-likeness (QED) is 0.628. The summed E-state index contributed by atoms with van der Waals surface area (Å²) in [5, 5.41) is 0. The Morgan fingerprint density at radius 2 is 1.43 bits per heavy atom. The van der Waals surface area contributed by atoms with Crippen LogP contribution in [0.2, 0.25) is 0 Å². The second-order valence-corrected chi connectivity index (χ2v) is 6.73. The van der Waals surface area contributed by atoms with Gasteiger partial charge in [0.2, 0.25) is 5.91 Å². The van der Waals surface area contributed by atoms with E-state index in [1.54, 1.807) is 37.3 Å². The minimum Gasteiger partial charge on any atom is -0.497 e. The molecule has 0 bridgehead atoms. The lowest BCUT2D eigenvalue weighted by atomic mass is 10.1. The number of hydrogen-bond acceptors (Lipinski definition) is 5. The number of hydrogen-bond donors (Lipinski definition) is 1. The van der Waals surface area contributed by atoms with Crippen molar-refractivity contribution in [2.24, 2.45) is 5.73 Å². The lowest BCUT2D eigenvalue weighted by molar-refractivity contribution is -0.132. The fourth-order valence-electron chi connectivity index (χ4n) is 3.20. The number of unbranched alkanes of at least 4 members (excludes halogenated alkanes) is 3. The van der Waals surface area contributed by atoms with Gasteiger partial charge in [-0.1, -0.05) is 12.8 Å². The van der Waals surface area contributed by atoms with Crippen molar-refractivity contribution in [3.05, 3.63) is 23.8 Å². The predicted molar refractivity (Wildman–Crippen MR) is 111 cm³/mol. The van der Waals surface area contributed by atoms with Crippen molar-refractivity contribution in [2.75, 3.05) is 46.9 Å². The molecule has 1 fully saturated rings. The molecule has 0 radical (unpaired) electrons. The zero-order valence-corrected chi connectivity index (χ0v) is 17.6. The van der Waals surface area contributed by atoms with Gasteiger partial charge in [0.1, 0.15) is 11.5 Å². The number of carbonyl (C=O) groups excluding carboxylic acids is 2. The second-order valence-electron chi connectivity index (χ2n) is 6.73. The van der Waals surface area contributed by atoms with Crippen LogP contribution in [0.3, 0.4) is 0 Å². The smallest absolute Gasteiger partial charge is 0.254 e. The summed E-state index contributed by atoms with van der Waals surface area (Å²) in [6, 6.07) is 5.16. The molecule has 1 aromatic rings. The van der Waals surface area contributed by atoms with Gasteiger partial charge in [0, 0.05) is 44.2 Å². The van der Waals surface area contributed by atoms with Crippen LogP contribution in [0.15, 0.2) is 18.2 Å². The van der Waals surface area contributed by atoms with Crippen molar-refractivity contribution in [1.82, 2.24) is 9.80 Å². The van der Waals surface area contributed by atoms with E-state index in [1.807, 2.05) is 4.90 Å². The summed E-state index contributed by atoms with van der Waals surface area (Å²) in [6.45, 7) is 2.95. The average molecular weight is 414 g/mol. The summed E-state index contributed by atoms with van der Waals surface area (Å²) in [6.07, 6.45) is 4.62. The van der Waals surface area contributed by atoms with E-state index in [1.165, 1.54) is 0 Å². The maximum atomic E-state index is 12.8. The Bertz CT molecular complexity index is 612. The van der Waals surface area contributed by atoms with E-state index in [0.29, 0.717) is 56.2 Å². The van der Waals surface area contributed by atoms with Crippen LogP contribution < -0.4 is 15.2 Å². The van der Waals surface area contributed by atoms with E-state index in [9.17, 15) is 9.59 Å². The Morgan fingerprint density at radius 1 is 0.893 bits per heavy atom. The van der Waals surface area contributed by atoms with Crippen LogP contribution in [0.4, 0.5) is 0 Å². The number of ether oxygens (including phenoxy) is 2. The van der Waals surface area contributed by atoms with Gasteiger partial charge in [0.05, 0.1) is 14.2 Å². The Labute approximate surface area is 173 Å². The van der Waals surface area contributed by atoms with Gasteiger partial charge in [-0.3, -0.25) is 9.59 Å². The number of carbonyl (C=O) groups is 2. The van der Waals surface area contributed by atoms with Gasteiger partial charge in [-0.05, 0) is 31.5 Å². The van der Waals surface area contributed by atoms with Gasteiger partial charge in [-0.25, -0.2) is 0 Å². The fourth-order valence-corrected chi connectivity index (χ4v) is 3.20. The van der Waals surface area contributed by atoms with E-state index >= 15 is 0 Å². The van der Waals surface area contributed by atoms with Crippen LogP contribution in [0.5, 0.6) is 11.5 Å². The van der Waals surface area contributed by atoms with Crippen LogP contribution >= 0.6 is 12.4 Å². The number of nitrogens with zero attached hydrogens (tertiary/aromatic N) is 2. The third-order valence-electron chi connectivity index (χ3n) is 4.86. The van der Waals surface area contributed by atoms with Crippen molar-refractivity contribution in [3.8, 4) is 11.5 Å². The van der Waals surface area contributed by atoms with Gasteiger partial charge in [-0.15, -0.1) is 12.4 Å². The van der Waals surface area contributed by atoms with E-state index in [2.05, 4.69) is 0 Å². The van der Waals surface area contributed by atoms with Crippen molar-refractivity contribution in [2.45, 2.75) is 32.1 Å². The lowest BCUT2D eigenvalue weighted by Gasteiger charge is -2.35. The minimum absolute atomic E-state index is 0. The molecule has 2 N–H and O–H groups in total. The molecule has 0 saturated carbocycles. The first-order chi connectivity index (χ1) is 13.1. The Kier molecular flexibility index (Phi) is 10.7. The first-order valence-electron chi connectivity index (χ1n) is 9.59. The highest BCUT2D eigenvalue weighted by Crippen LogP contribution is 2.24. The highest BCUT2D eigenvalue weighted by Gasteiger charge is 2.25. The Morgan fingerprint density at radius 3 is 1.96 bits per heavy atom. The van der Waals surface area contributed by atoms with E-state index in [4.69, 9.17) is 15.2 Å². The summed E-state index contributed by atoms with van der Waals surface area (Å²) in [5.74, 6) is 1.28. The summed E-state index contributed by atoms with van der Waals surface area (Å²) in [7, 11) is 3.12. The van der Waals surface area contributed by atoms with Gasteiger partial charge >= 0.3 is 0 Å². The molecule has 2 amide bonds. The van der Waals surface area contributed by atoms with Crippen LogP contribution in [0.1, 0.15) is 42.5 Å². The van der Waals surface area contributed by atoms with Crippen LogP contribution in [-0.4, -0.2) is 68.6 Å². The normalized spacial score (nSPS) is 13.7. The number of piperazine rings is 1. The third-order valence-corrected chi connectivity index (χ3v) is 4.86. The second kappa shape index (κ2) is 12.5. The van der Waals surface area contributed by atoms with E-state index < -0.39 is 0 Å². The average Bonchev–Trinajstić information content (AvgIpc) is 2.72. The van der Waals surface area contributed by atoms with Crippen molar-refractivity contribution >= 4 is 24.2 Å². The number of benzene rings is 1. The molecule has 2 rings (SSSR count). The Balaban J connectivity index is 0.00000392. The highest BCUT2D eigenvalue weighted by atomic mass is 35.5. The zero-order valence-electron chi connectivity index (χ0n) is 16.8. The molecule has 1 aliphatic heterocycles. The standard InChI is InChI=1S/C20H31N3O4.ClH/c1-26-17-13-16(14-18(15-17)27-2)20(25)23-11-9-22(10-12-23)19(24)7-5-3-4-6-8-21;/h13-15H,3-12,21H2,1-2H3;1H. The molecule has 1 aromatic carbocycles. The molecule has 0 unspecified atom stereocenters. The van der Waals surface area contributed by atoms with E-state index in [-0.39, 0.29) is 24.2 Å². The first-order valence-corrected chi connectivity index (χ1v) is 9.59. The van der Waals surface area contributed by atoms with Crippen molar-refractivity contribution in [1.29, 1.82) is 0 Å². The van der Waals surface area contributed by atoms with Crippen LogP contribution in [0.25, 0.3) is 0 Å². The fraction of sp³-hybridized carbons (Fsp3) is 0.600. The molecule has 1 aliphatic rings. The number of halogens is 1. The third kappa shape index (κ3) is 6.87. The van der Waals surface area contributed by atoms with Gasteiger partial charge < -0.3 is 25.0 Å². The molecular weight excluding hydrogens is 382 g/mol. The highest BCUT2D eigenvalue weighted by molar-refractivity contribution is 5.95. The number of amides is 2. The molecule has 8 heteroatoms. The largest absolute Gasteiger partial charge is 0.497 e. The molecule has 0 aromatic heterocycles. The predicted octanol–water partition coefficient (Wildman–Crippen LogP) is 2.32. The molecule has 0 atom stereocenters. The Hall–Kier alpha value is -1.99. The molecule has 0 spiro atoms. The van der Waals surface area contributed by atoms with Gasteiger partial charge in [-0.2, -0.15) is 0 Å². The molecule has 158 valence electrons. The molecule has 1 saturated heterocycles.